The van der Waals surface area contributed by atoms with Crippen LogP contribution in [0.3, 0.4) is 0 Å². The Morgan fingerprint density at radius 1 is 1.47 bits per heavy atom. The van der Waals surface area contributed by atoms with Crippen LogP contribution in [0.15, 0.2) is 36.9 Å². The van der Waals surface area contributed by atoms with Crippen molar-refractivity contribution in [2.24, 2.45) is 5.73 Å². The minimum absolute atomic E-state index is 0.225. The number of allylic oxidation sites excluding steroid dienone is 1. The first kappa shape index (κ1) is 12.3. The second-order valence-corrected chi connectivity index (χ2v) is 4.25. The third-order valence-electron chi connectivity index (χ3n) is 2.37. The van der Waals surface area contributed by atoms with Crippen LogP contribution in [0.2, 0.25) is 5.02 Å². The second kappa shape index (κ2) is 6.65. The largest absolute Gasteiger partial charge is 0.327 e. The fourth-order valence-electron chi connectivity index (χ4n) is 1.59. The number of hydrogen-bond acceptors (Lipinski definition) is 1. The molecule has 0 saturated carbocycles. The molecule has 2 heteroatoms. The van der Waals surface area contributed by atoms with E-state index in [1.54, 1.807) is 0 Å². The van der Waals surface area contributed by atoms with Crippen LogP contribution >= 0.6 is 11.6 Å². The summed E-state index contributed by atoms with van der Waals surface area (Å²) >= 11 is 5.90. The number of hydrogen-bond donors (Lipinski definition) is 1. The number of rotatable bonds is 6. The van der Waals surface area contributed by atoms with Gasteiger partial charge < -0.3 is 5.73 Å². The molecule has 0 amide bonds. The monoisotopic (exact) mass is 223 g/mol. The molecule has 0 aliphatic carbocycles. The van der Waals surface area contributed by atoms with Gasteiger partial charge in [0, 0.05) is 11.1 Å². The van der Waals surface area contributed by atoms with Crippen LogP contribution in [0.5, 0.6) is 0 Å². The predicted molar refractivity (Wildman–Crippen MR) is 67.2 cm³/mol. The van der Waals surface area contributed by atoms with Crippen molar-refractivity contribution in [1.29, 1.82) is 0 Å². The highest BCUT2D eigenvalue weighted by molar-refractivity contribution is 6.30. The fraction of sp³-hybridized carbons (Fsp3) is 0.385. The van der Waals surface area contributed by atoms with Crippen molar-refractivity contribution in [2.45, 2.75) is 31.7 Å². The van der Waals surface area contributed by atoms with Crippen molar-refractivity contribution in [3.63, 3.8) is 0 Å². The van der Waals surface area contributed by atoms with Crippen molar-refractivity contribution in [3.8, 4) is 0 Å². The molecule has 1 rings (SSSR count). The Bertz CT molecular complexity index is 309. The van der Waals surface area contributed by atoms with E-state index in [4.69, 9.17) is 17.3 Å². The molecule has 82 valence electrons. The van der Waals surface area contributed by atoms with Gasteiger partial charge in [0.25, 0.3) is 0 Å². The van der Waals surface area contributed by atoms with Gasteiger partial charge >= 0.3 is 0 Å². The van der Waals surface area contributed by atoms with Crippen LogP contribution in [0.1, 0.15) is 24.8 Å². The van der Waals surface area contributed by atoms with Gasteiger partial charge in [-0.3, -0.25) is 0 Å². The highest BCUT2D eigenvalue weighted by Gasteiger charge is 2.03. The summed E-state index contributed by atoms with van der Waals surface area (Å²) in [6, 6.07) is 8.12. The lowest BCUT2D eigenvalue weighted by Gasteiger charge is -2.10. The maximum atomic E-state index is 6.02. The molecule has 1 aromatic carbocycles. The average molecular weight is 224 g/mol. The Labute approximate surface area is 96.9 Å². The molecule has 1 aromatic rings. The molecule has 15 heavy (non-hydrogen) atoms. The Kier molecular flexibility index (Phi) is 5.44. The molecule has 1 nitrogen and oxygen atoms in total. The molecule has 1 atom stereocenters. The Hall–Kier alpha value is -0.790. The van der Waals surface area contributed by atoms with Crippen LogP contribution in [0.4, 0.5) is 0 Å². The Balaban J connectivity index is 2.37. The summed E-state index contributed by atoms with van der Waals surface area (Å²) in [5.41, 5.74) is 7.24. The van der Waals surface area contributed by atoms with Crippen molar-refractivity contribution in [2.75, 3.05) is 0 Å². The molecule has 2 N–H and O–H groups in total. The molecular weight excluding hydrogens is 206 g/mol. The molecule has 0 aliphatic rings. The zero-order chi connectivity index (χ0) is 11.1. The van der Waals surface area contributed by atoms with E-state index < -0.39 is 0 Å². The van der Waals surface area contributed by atoms with Gasteiger partial charge in [0.1, 0.15) is 0 Å². The van der Waals surface area contributed by atoms with Crippen LogP contribution in [-0.2, 0) is 6.42 Å². The van der Waals surface area contributed by atoms with Gasteiger partial charge in [-0.1, -0.05) is 29.8 Å². The van der Waals surface area contributed by atoms with Gasteiger partial charge in [0.15, 0.2) is 0 Å². The van der Waals surface area contributed by atoms with Crippen molar-refractivity contribution in [1.82, 2.24) is 0 Å². The third kappa shape index (κ3) is 5.01. The summed E-state index contributed by atoms with van der Waals surface area (Å²) in [5.74, 6) is 0. The quantitative estimate of drug-likeness (QED) is 0.579. The van der Waals surface area contributed by atoms with Crippen LogP contribution in [0.25, 0.3) is 0 Å². The number of unbranched alkanes of at least 4 members (excludes halogenated alkanes) is 1. The fourth-order valence-corrected chi connectivity index (χ4v) is 1.81. The van der Waals surface area contributed by atoms with Crippen molar-refractivity contribution < 1.29 is 0 Å². The minimum Gasteiger partial charge on any atom is -0.327 e. The van der Waals surface area contributed by atoms with E-state index in [0.717, 1.165) is 30.7 Å². The summed E-state index contributed by atoms with van der Waals surface area (Å²) in [5, 5.41) is 0.783. The summed E-state index contributed by atoms with van der Waals surface area (Å²) < 4.78 is 0. The summed E-state index contributed by atoms with van der Waals surface area (Å²) in [7, 11) is 0. The van der Waals surface area contributed by atoms with E-state index in [1.165, 1.54) is 5.56 Å². The second-order valence-electron chi connectivity index (χ2n) is 3.81. The topological polar surface area (TPSA) is 26.0 Å². The van der Waals surface area contributed by atoms with E-state index in [0.29, 0.717) is 0 Å². The molecule has 1 unspecified atom stereocenters. The Morgan fingerprint density at radius 3 is 2.93 bits per heavy atom. The molecule has 0 bridgehead atoms. The minimum atomic E-state index is 0.225. The maximum absolute atomic E-state index is 6.02. The normalized spacial score (nSPS) is 12.4. The summed E-state index contributed by atoms with van der Waals surface area (Å²) in [4.78, 5) is 0. The first-order valence-corrected chi connectivity index (χ1v) is 5.71. The Morgan fingerprint density at radius 2 is 2.27 bits per heavy atom. The van der Waals surface area contributed by atoms with Gasteiger partial charge in [0.05, 0.1) is 0 Å². The number of nitrogens with two attached hydrogens (primary N) is 1. The lowest BCUT2D eigenvalue weighted by Crippen LogP contribution is -2.22. The smallest absolute Gasteiger partial charge is 0.0408 e. The van der Waals surface area contributed by atoms with Gasteiger partial charge in [0.2, 0.25) is 0 Å². The SMILES string of the molecule is C=CCCCC(N)Cc1cccc(Cl)c1. The lowest BCUT2D eigenvalue weighted by atomic mass is 10.0. The molecule has 0 heterocycles. The van der Waals surface area contributed by atoms with Gasteiger partial charge in [-0.2, -0.15) is 0 Å². The van der Waals surface area contributed by atoms with E-state index in [1.807, 2.05) is 24.3 Å². The average Bonchev–Trinajstić information content (AvgIpc) is 2.18. The standard InChI is InChI=1S/C13H18ClN/c1-2-3-4-8-13(15)10-11-6-5-7-12(14)9-11/h2,5-7,9,13H,1,3-4,8,10,15H2. The number of benzene rings is 1. The predicted octanol–water partition coefficient (Wildman–Crippen LogP) is 3.57. The zero-order valence-corrected chi connectivity index (χ0v) is 9.71. The summed E-state index contributed by atoms with van der Waals surface area (Å²) in [6.45, 7) is 3.69. The summed E-state index contributed by atoms with van der Waals surface area (Å²) in [6.07, 6.45) is 6.04. The molecule has 0 spiro atoms. The van der Waals surface area contributed by atoms with Gasteiger partial charge in [-0.15, -0.1) is 6.58 Å². The maximum Gasteiger partial charge on any atom is 0.0408 e. The highest BCUT2D eigenvalue weighted by Crippen LogP contribution is 2.13. The third-order valence-corrected chi connectivity index (χ3v) is 2.61. The highest BCUT2D eigenvalue weighted by atomic mass is 35.5. The van der Waals surface area contributed by atoms with Gasteiger partial charge in [-0.25, -0.2) is 0 Å². The van der Waals surface area contributed by atoms with Crippen molar-refractivity contribution >= 4 is 11.6 Å². The van der Waals surface area contributed by atoms with Crippen LogP contribution < -0.4 is 5.73 Å². The molecule has 0 fully saturated rings. The van der Waals surface area contributed by atoms with Crippen LogP contribution in [0, 0.1) is 0 Å². The van der Waals surface area contributed by atoms with E-state index >= 15 is 0 Å². The first-order chi connectivity index (χ1) is 7.22. The lowest BCUT2D eigenvalue weighted by molar-refractivity contribution is 0.584. The van der Waals surface area contributed by atoms with E-state index in [-0.39, 0.29) is 6.04 Å². The van der Waals surface area contributed by atoms with Crippen molar-refractivity contribution in [3.05, 3.63) is 47.5 Å². The van der Waals surface area contributed by atoms with E-state index in [2.05, 4.69) is 12.6 Å². The molecule has 0 saturated heterocycles. The molecule has 0 aliphatic heterocycles. The molecular formula is C13H18ClN. The number of halogens is 1. The molecule has 0 radical (unpaired) electrons. The van der Waals surface area contributed by atoms with Crippen LogP contribution in [-0.4, -0.2) is 6.04 Å². The van der Waals surface area contributed by atoms with Gasteiger partial charge in [-0.05, 0) is 43.4 Å². The molecule has 0 aromatic heterocycles. The zero-order valence-electron chi connectivity index (χ0n) is 8.95. The first-order valence-electron chi connectivity index (χ1n) is 5.33. The van der Waals surface area contributed by atoms with E-state index in [9.17, 15) is 0 Å².